The molecule has 4 rings (SSSR count). The summed E-state index contributed by atoms with van der Waals surface area (Å²) in [4.78, 5) is 32.2. The number of aromatic nitrogens is 5. The summed E-state index contributed by atoms with van der Waals surface area (Å²) in [7, 11) is 0. The predicted octanol–water partition coefficient (Wildman–Crippen LogP) is 0.781. The van der Waals surface area contributed by atoms with Crippen molar-refractivity contribution in [3.63, 3.8) is 0 Å². The second-order valence-electron chi connectivity index (χ2n) is 5.84. The van der Waals surface area contributed by atoms with E-state index in [9.17, 15) is 9.59 Å². The van der Waals surface area contributed by atoms with Gasteiger partial charge in [0.25, 0.3) is 5.78 Å². The van der Waals surface area contributed by atoms with Crippen molar-refractivity contribution in [3.05, 3.63) is 59.1 Å². The Morgan fingerprint density at radius 3 is 3.04 bits per heavy atom. The van der Waals surface area contributed by atoms with Crippen LogP contribution in [0.3, 0.4) is 0 Å². The Hall–Kier alpha value is -3.49. The predicted molar refractivity (Wildman–Crippen MR) is 92.6 cm³/mol. The number of amides is 1. The molecule has 0 aliphatic heterocycles. The van der Waals surface area contributed by atoms with Crippen LogP contribution in [0, 0.1) is 0 Å². The Balaban J connectivity index is 1.31. The SMILES string of the molecule is O=C(Cn1c(=O)oc2ccccc21)NCCCc1cnc2ncnn2c1. The maximum Gasteiger partial charge on any atom is 0.420 e. The summed E-state index contributed by atoms with van der Waals surface area (Å²) in [6, 6.07) is 7.03. The van der Waals surface area contributed by atoms with Crippen molar-refractivity contribution in [1.29, 1.82) is 0 Å². The van der Waals surface area contributed by atoms with Crippen LogP contribution >= 0.6 is 0 Å². The van der Waals surface area contributed by atoms with E-state index in [0.29, 0.717) is 23.4 Å². The molecule has 0 aliphatic rings. The molecule has 0 aliphatic carbocycles. The Morgan fingerprint density at radius 1 is 1.23 bits per heavy atom. The third-order valence-corrected chi connectivity index (χ3v) is 4.03. The van der Waals surface area contributed by atoms with Gasteiger partial charge in [-0.25, -0.2) is 14.3 Å². The Bertz CT molecular complexity index is 1130. The lowest BCUT2D eigenvalue weighted by Crippen LogP contribution is -2.31. The lowest BCUT2D eigenvalue weighted by atomic mass is 10.2. The van der Waals surface area contributed by atoms with Crippen molar-refractivity contribution in [2.24, 2.45) is 0 Å². The maximum absolute atomic E-state index is 12.1. The molecule has 132 valence electrons. The van der Waals surface area contributed by atoms with E-state index in [0.717, 1.165) is 18.4 Å². The van der Waals surface area contributed by atoms with Crippen LogP contribution < -0.4 is 11.1 Å². The summed E-state index contributed by atoms with van der Waals surface area (Å²) in [5, 5.41) is 6.86. The van der Waals surface area contributed by atoms with E-state index in [4.69, 9.17) is 4.42 Å². The first-order valence-electron chi connectivity index (χ1n) is 8.20. The minimum Gasteiger partial charge on any atom is -0.408 e. The largest absolute Gasteiger partial charge is 0.420 e. The number of oxazole rings is 1. The zero-order chi connectivity index (χ0) is 17.9. The first-order chi connectivity index (χ1) is 12.7. The molecular weight excluding hydrogens is 336 g/mol. The maximum atomic E-state index is 12.1. The lowest BCUT2D eigenvalue weighted by Gasteiger charge is -2.06. The fourth-order valence-electron chi connectivity index (χ4n) is 2.77. The van der Waals surface area contributed by atoms with Gasteiger partial charge in [0, 0.05) is 18.9 Å². The quantitative estimate of drug-likeness (QED) is 0.514. The fourth-order valence-corrected chi connectivity index (χ4v) is 2.77. The number of nitrogens with one attached hydrogen (secondary N) is 1. The summed E-state index contributed by atoms with van der Waals surface area (Å²) in [6.45, 7) is 0.432. The van der Waals surface area contributed by atoms with E-state index in [1.54, 1.807) is 35.0 Å². The second kappa shape index (κ2) is 6.79. The molecule has 0 atom stereocenters. The molecule has 4 aromatic rings. The molecule has 1 aromatic carbocycles. The smallest absolute Gasteiger partial charge is 0.408 e. The van der Waals surface area contributed by atoms with Crippen LogP contribution in [0.2, 0.25) is 0 Å². The number of hydrogen-bond donors (Lipinski definition) is 1. The number of benzene rings is 1. The number of fused-ring (bicyclic) bond motifs is 2. The Kier molecular flexibility index (Phi) is 4.18. The van der Waals surface area contributed by atoms with Gasteiger partial charge in [-0.15, -0.1) is 0 Å². The topological polar surface area (TPSA) is 107 Å². The number of hydrogen-bond acceptors (Lipinski definition) is 6. The van der Waals surface area contributed by atoms with Crippen molar-refractivity contribution >= 4 is 22.8 Å². The zero-order valence-corrected chi connectivity index (χ0v) is 13.8. The minimum absolute atomic E-state index is 0.0671. The molecule has 0 bridgehead atoms. The van der Waals surface area contributed by atoms with Gasteiger partial charge < -0.3 is 9.73 Å². The molecule has 0 saturated carbocycles. The van der Waals surface area contributed by atoms with E-state index >= 15 is 0 Å². The van der Waals surface area contributed by atoms with Crippen LogP contribution in [-0.4, -0.2) is 36.6 Å². The Labute approximate surface area is 147 Å². The highest BCUT2D eigenvalue weighted by Gasteiger charge is 2.11. The van der Waals surface area contributed by atoms with Gasteiger partial charge in [-0.05, 0) is 30.5 Å². The lowest BCUT2D eigenvalue weighted by molar-refractivity contribution is -0.121. The molecule has 1 amide bonds. The third kappa shape index (κ3) is 3.18. The summed E-state index contributed by atoms with van der Waals surface area (Å²) >= 11 is 0. The summed E-state index contributed by atoms with van der Waals surface area (Å²) < 4.78 is 8.06. The van der Waals surface area contributed by atoms with Gasteiger partial charge in [-0.3, -0.25) is 9.36 Å². The molecule has 9 nitrogen and oxygen atoms in total. The number of carbonyl (C=O) groups excluding carboxylic acids is 1. The summed E-state index contributed by atoms with van der Waals surface area (Å²) in [5.41, 5.74) is 2.09. The van der Waals surface area contributed by atoms with Crippen LogP contribution in [-0.2, 0) is 17.8 Å². The highest BCUT2D eigenvalue weighted by Crippen LogP contribution is 2.11. The van der Waals surface area contributed by atoms with Crippen molar-refractivity contribution in [2.75, 3.05) is 6.54 Å². The first kappa shape index (κ1) is 16.0. The number of rotatable bonds is 6. The van der Waals surface area contributed by atoms with E-state index in [1.165, 1.54) is 10.9 Å². The van der Waals surface area contributed by atoms with E-state index < -0.39 is 5.76 Å². The normalized spacial score (nSPS) is 11.2. The van der Waals surface area contributed by atoms with Gasteiger partial charge in [-0.1, -0.05) is 12.1 Å². The van der Waals surface area contributed by atoms with E-state index in [-0.39, 0.29) is 12.5 Å². The van der Waals surface area contributed by atoms with Crippen LogP contribution in [0.1, 0.15) is 12.0 Å². The monoisotopic (exact) mass is 352 g/mol. The van der Waals surface area contributed by atoms with Gasteiger partial charge in [0.15, 0.2) is 5.58 Å². The van der Waals surface area contributed by atoms with Crippen LogP contribution in [0.5, 0.6) is 0 Å². The van der Waals surface area contributed by atoms with Crippen molar-refractivity contribution in [2.45, 2.75) is 19.4 Å². The highest BCUT2D eigenvalue weighted by molar-refractivity contribution is 5.79. The molecule has 3 aromatic heterocycles. The minimum atomic E-state index is -0.534. The van der Waals surface area contributed by atoms with E-state index in [2.05, 4.69) is 20.4 Å². The first-order valence-corrected chi connectivity index (χ1v) is 8.20. The standard InChI is InChI=1S/C17H16N6O3/c24-15(10-22-13-5-1-2-6-14(13)26-17(22)25)18-7-3-4-12-8-19-16-20-11-21-23(16)9-12/h1-2,5-6,8-9,11H,3-4,7,10H2,(H,18,24). The second-order valence-corrected chi connectivity index (χ2v) is 5.84. The molecule has 0 unspecified atom stereocenters. The van der Waals surface area contributed by atoms with Crippen molar-refractivity contribution in [1.82, 2.24) is 29.5 Å². The average Bonchev–Trinajstić information content (AvgIpc) is 3.23. The summed E-state index contributed by atoms with van der Waals surface area (Å²) in [5.74, 6) is -0.211. The van der Waals surface area contributed by atoms with Gasteiger partial charge in [0.1, 0.15) is 12.9 Å². The molecule has 26 heavy (non-hydrogen) atoms. The summed E-state index contributed by atoms with van der Waals surface area (Å²) in [6.07, 6.45) is 6.57. The van der Waals surface area contributed by atoms with Crippen LogP contribution in [0.4, 0.5) is 0 Å². The molecule has 0 saturated heterocycles. The van der Waals surface area contributed by atoms with Crippen molar-refractivity contribution < 1.29 is 9.21 Å². The van der Waals surface area contributed by atoms with Crippen LogP contribution in [0.25, 0.3) is 16.9 Å². The van der Waals surface area contributed by atoms with E-state index in [1.807, 2.05) is 6.20 Å². The number of para-hydroxylation sites is 2. The van der Waals surface area contributed by atoms with Gasteiger partial charge >= 0.3 is 5.76 Å². The Morgan fingerprint density at radius 2 is 2.12 bits per heavy atom. The molecule has 9 heteroatoms. The molecule has 0 fully saturated rings. The molecule has 0 spiro atoms. The highest BCUT2D eigenvalue weighted by atomic mass is 16.4. The van der Waals surface area contributed by atoms with Gasteiger partial charge in [0.2, 0.25) is 5.91 Å². The van der Waals surface area contributed by atoms with Gasteiger partial charge in [-0.2, -0.15) is 10.1 Å². The average molecular weight is 352 g/mol. The molecule has 0 radical (unpaired) electrons. The number of nitrogens with zero attached hydrogens (tertiary/aromatic N) is 5. The molecule has 1 N–H and O–H groups in total. The van der Waals surface area contributed by atoms with Gasteiger partial charge in [0.05, 0.1) is 5.52 Å². The zero-order valence-electron chi connectivity index (χ0n) is 13.8. The fraction of sp³-hybridized carbons (Fsp3) is 0.235. The molecule has 3 heterocycles. The molecular formula is C17H16N6O3. The third-order valence-electron chi connectivity index (χ3n) is 4.03. The number of carbonyl (C=O) groups is 1. The van der Waals surface area contributed by atoms with Crippen LogP contribution in [0.15, 0.2) is 52.2 Å². The number of aryl methyl sites for hydroxylation is 1. The van der Waals surface area contributed by atoms with Crippen molar-refractivity contribution in [3.8, 4) is 0 Å².